The van der Waals surface area contributed by atoms with E-state index in [1.54, 1.807) is 23.9 Å². The lowest BCUT2D eigenvalue weighted by Gasteiger charge is -2.34. The Bertz CT molecular complexity index is 1260. The number of amides is 4. The Kier molecular flexibility index (Phi) is 11.9. The van der Waals surface area contributed by atoms with Gasteiger partial charge in [-0.1, -0.05) is 44.7 Å². The third-order valence-electron chi connectivity index (χ3n) is 8.76. The molecule has 0 bridgehead atoms. The zero-order chi connectivity index (χ0) is 31.6. The summed E-state index contributed by atoms with van der Waals surface area (Å²) >= 11 is 0. The van der Waals surface area contributed by atoms with Crippen LogP contribution in [0.25, 0.3) is 0 Å². The van der Waals surface area contributed by atoms with Crippen LogP contribution in [0.2, 0.25) is 0 Å². The van der Waals surface area contributed by atoms with Crippen molar-refractivity contribution in [1.29, 1.82) is 0 Å². The molecular formula is C33H49N7O4. The predicted molar refractivity (Wildman–Crippen MR) is 170 cm³/mol. The molecule has 0 radical (unpaired) electrons. The van der Waals surface area contributed by atoms with E-state index in [4.69, 9.17) is 0 Å². The van der Waals surface area contributed by atoms with Crippen LogP contribution in [-0.2, 0) is 20.8 Å². The summed E-state index contributed by atoms with van der Waals surface area (Å²) in [4.78, 5) is 56.7. The highest BCUT2D eigenvalue weighted by atomic mass is 16.2. The maximum Gasteiger partial charge on any atom is 0.270 e. The van der Waals surface area contributed by atoms with Gasteiger partial charge in [0.25, 0.3) is 5.91 Å². The molecule has 2 atom stereocenters. The van der Waals surface area contributed by atoms with Crippen molar-refractivity contribution in [3.8, 4) is 0 Å². The van der Waals surface area contributed by atoms with E-state index < -0.39 is 12.1 Å². The molecule has 1 saturated carbocycles. The molecule has 2 aliphatic rings. The van der Waals surface area contributed by atoms with E-state index >= 15 is 0 Å². The normalized spacial score (nSPS) is 17.9. The number of benzene rings is 1. The standard InChI is InChI=1S/C33H49N7O4/c1-5-29(41)36-27(33(44)39-20-18-38(4)19-21-39)22-24-12-14-26(15-13-24)35-32(43)30(25-10-8-6-7-9-11-25)37-31(42)28-16-17-34-40(28)23(2)3/h12-17,23,25,27,30H,5-11,18-22H2,1-4H3,(H,35,43)(H,36,41)(H,37,42). The summed E-state index contributed by atoms with van der Waals surface area (Å²) in [6, 6.07) is 7.74. The first kappa shape index (κ1) is 33.2. The van der Waals surface area contributed by atoms with Crippen molar-refractivity contribution < 1.29 is 19.2 Å². The topological polar surface area (TPSA) is 129 Å². The second kappa shape index (κ2) is 15.8. The smallest absolute Gasteiger partial charge is 0.270 e. The van der Waals surface area contributed by atoms with Crippen molar-refractivity contribution in [1.82, 2.24) is 30.2 Å². The Balaban J connectivity index is 1.45. The molecule has 11 heteroatoms. The molecule has 4 amide bonds. The first-order chi connectivity index (χ1) is 21.2. The molecular weight excluding hydrogens is 558 g/mol. The van der Waals surface area contributed by atoms with Crippen LogP contribution in [0.1, 0.15) is 87.8 Å². The van der Waals surface area contributed by atoms with E-state index in [9.17, 15) is 19.2 Å². The molecule has 2 aromatic rings. The quantitative estimate of drug-likeness (QED) is 0.336. The fourth-order valence-electron chi connectivity index (χ4n) is 6.09. The highest BCUT2D eigenvalue weighted by Crippen LogP contribution is 2.27. The number of hydrogen-bond acceptors (Lipinski definition) is 6. The molecule has 2 fully saturated rings. The van der Waals surface area contributed by atoms with E-state index in [0.29, 0.717) is 37.3 Å². The van der Waals surface area contributed by atoms with Gasteiger partial charge in [0.05, 0.1) is 0 Å². The Hall–Kier alpha value is -3.73. The van der Waals surface area contributed by atoms with E-state index in [2.05, 4.69) is 25.9 Å². The zero-order valence-corrected chi connectivity index (χ0v) is 26.7. The molecule has 2 heterocycles. The summed E-state index contributed by atoms with van der Waals surface area (Å²) in [5, 5.41) is 13.3. The summed E-state index contributed by atoms with van der Waals surface area (Å²) in [5.41, 5.74) is 1.92. The van der Waals surface area contributed by atoms with E-state index in [0.717, 1.165) is 57.2 Å². The summed E-state index contributed by atoms with van der Waals surface area (Å²) in [7, 11) is 2.04. The Morgan fingerprint density at radius 3 is 2.18 bits per heavy atom. The van der Waals surface area contributed by atoms with Crippen LogP contribution in [0.15, 0.2) is 36.5 Å². The van der Waals surface area contributed by atoms with Crippen molar-refractivity contribution in [2.75, 3.05) is 38.5 Å². The third kappa shape index (κ3) is 8.90. The Morgan fingerprint density at radius 1 is 0.909 bits per heavy atom. The number of nitrogens with zero attached hydrogens (tertiary/aromatic N) is 4. The van der Waals surface area contributed by atoms with Crippen LogP contribution >= 0.6 is 0 Å². The van der Waals surface area contributed by atoms with Crippen molar-refractivity contribution in [2.45, 2.75) is 90.3 Å². The van der Waals surface area contributed by atoms with Crippen LogP contribution in [0.3, 0.4) is 0 Å². The second-order valence-corrected chi connectivity index (χ2v) is 12.5. The lowest BCUT2D eigenvalue weighted by molar-refractivity contribution is -0.137. The summed E-state index contributed by atoms with van der Waals surface area (Å²) in [5.74, 6) is -0.741. The van der Waals surface area contributed by atoms with E-state index in [1.165, 1.54) is 0 Å². The van der Waals surface area contributed by atoms with Gasteiger partial charge in [-0.3, -0.25) is 23.9 Å². The molecule has 240 valence electrons. The molecule has 11 nitrogen and oxygen atoms in total. The maximum absolute atomic E-state index is 13.7. The SMILES string of the molecule is CCC(=O)NC(Cc1ccc(NC(=O)C(NC(=O)c2ccnn2C(C)C)C2CCCCCC2)cc1)C(=O)N1CCN(C)CC1. The number of nitrogens with one attached hydrogen (secondary N) is 3. The van der Waals surface area contributed by atoms with Crippen molar-refractivity contribution >= 4 is 29.3 Å². The number of piperazine rings is 1. The monoisotopic (exact) mass is 607 g/mol. The van der Waals surface area contributed by atoms with Gasteiger partial charge >= 0.3 is 0 Å². The molecule has 4 rings (SSSR count). The molecule has 0 spiro atoms. The molecule has 2 unspecified atom stereocenters. The fraction of sp³-hybridized carbons (Fsp3) is 0.606. The Morgan fingerprint density at radius 2 is 1.57 bits per heavy atom. The van der Waals surface area contributed by atoms with Gasteiger partial charge < -0.3 is 25.8 Å². The largest absolute Gasteiger partial charge is 0.344 e. The molecule has 1 aliphatic carbocycles. The predicted octanol–water partition coefficient (Wildman–Crippen LogP) is 3.38. The number of hydrogen-bond donors (Lipinski definition) is 3. The minimum absolute atomic E-state index is 0.0150. The number of anilines is 1. The summed E-state index contributed by atoms with van der Waals surface area (Å²) in [6.45, 7) is 8.58. The minimum Gasteiger partial charge on any atom is -0.344 e. The van der Waals surface area contributed by atoms with Crippen molar-refractivity contribution in [3.63, 3.8) is 0 Å². The van der Waals surface area contributed by atoms with Gasteiger partial charge in [-0.05, 0) is 63.4 Å². The van der Waals surface area contributed by atoms with E-state index in [-0.39, 0.29) is 35.6 Å². The van der Waals surface area contributed by atoms with Crippen LogP contribution < -0.4 is 16.0 Å². The maximum atomic E-state index is 13.7. The highest BCUT2D eigenvalue weighted by Gasteiger charge is 2.32. The van der Waals surface area contributed by atoms with Crippen molar-refractivity contribution in [2.24, 2.45) is 5.92 Å². The molecule has 3 N–H and O–H groups in total. The molecule has 1 saturated heterocycles. The van der Waals surface area contributed by atoms with Gasteiger partial charge in [0, 0.05) is 56.9 Å². The van der Waals surface area contributed by atoms with Gasteiger partial charge in [-0.2, -0.15) is 5.10 Å². The molecule has 1 aromatic carbocycles. The van der Waals surface area contributed by atoms with Crippen LogP contribution in [0.4, 0.5) is 5.69 Å². The molecule has 1 aliphatic heterocycles. The number of likely N-dealkylation sites (N-methyl/N-ethyl adjacent to an activating group) is 1. The minimum atomic E-state index is -0.675. The number of carbonyl (C=O) groups excluding carboxylic acids is 4. The van der Waals surface area contributed by atoms with Gasteiger partial charge in [0.15, 0.2) is 0 Å². The zero-order valence-electron chi connectivity index (χ0n) is 26.7. The second-order valence-electron chi connectivity index (χ2n) is 12.5. The van der Waals surface area contributed by atoms with Crippen LogP contribution in [-0.4, -0.2) is 88.5 Å². The first-order valence-electron chi connectivity index (χ1n) is 16.2. The average Bonchev–Trinajstić information content (AvgIpc) is 3.37. The lowest BCUT2D eigenvalue weighted by atomic mass is 9.91. The Labute approximate surface area is 261 Å². The number of aromatic nitrogens is 2. The van der Waals surface area contributed by atoms with Gasteiger partial charge in [-0.25, -0.2) is 0 Å². The lowest BCUT2D eigenvalue weighted by Crippen LogP contribution is -2.54. The summed E-state index contributed by atoms with van der Waals surface area (Å²) in [6.07, 6.45) is 8.37. The highest BCUT2D eigenvalue weighted by molar-refractivity contribution is 6.00. The van der Waals surface area contributed by atoms with E-state index in [1.807, 2.05) is 50.1 Å². The average molecular weight is 608 g/mol. The first-order valence-corrected chi connectivity index (χ1v) is 16.2. The van der Waals surface area contributed by atoms with Crippen LogP contribution in [0, 0.1) is 5.92 Å². The number of rotatable bonds is 11. The van der Waals surface area contributed by atoms with Gasteiger partial charge in [0.1, 0.15) is 17.8 Å². The molecule has 1 aromatic heterocycles. The number of carbonyl (C=O) groups is 4. The van der Waals surface area contributed by atoms with Crippen LogP contribution in [0.5, 0.6) is 0 Å². The van der Waals surface area contributed by atoms with Gasteiger partial charge in [0.2, 0.25) is 17.7 Å². The molecule has 44 heavy (non-hydrogen) atoms. The fourth-order valence-corrected chi connectivity index (χ4v) is 6.09. The third-order valence-corrected chi connectivity index (χ3v) is 8.76. The van der Waals surface area contributed by atoms with Gasteiger partial charge in [-0.15, -0.1) is 0 Å². The van der Waals surface area contributed by atoms with Crippen molar-refractivity contribution in [3.05, 3.63) is 47.8 Å². The summed E-state index contributed by atoms with van der Waals surface area (Å²) < 4.78 is 1.67.